The van der Waals surface area contributed by atoms with Crippen molar-refractivity contribution in [1.29, 1.82) is 0 Å². The van der Waals surface area contributed by atoms with Gasteiger partial charge in [0.25, 0.3) is 0 Å². The van der Waals surface area contributed by atoms with E-state index < -0.39 is 11.2 Å². The number of aromatic hydroxyl groups is 1. The number of para-hydroxylation sites is 1. The van der Waals surface area contributed by atoms with Crippen LogP contribution in [0, 0.1) is 5.82 Å². The van der Waals surface area contributed by atoms with Gasteiger partial charge < -0.3 is 10.8 Å². The smallest absolute Gasteiger partial charge is 0.165 e. The first-order chi connectivity index (χ1) is 5.99. The Hall–Kier alpha value is -1.09. The maximum atomic E-state index is 13.0. The van der Waals surface area contributed by atoms with Crippen molar-refractivity contribution in [2.45, 2.75) is 19.3 Å². The van der Waals surface area contributed by atoms with Crippen molar-refractivity contribution in [3.05, 3.63) is 29.6 Å². The van der Waals surface area contributed by atoms with Crippen LogP contribution in [0.4, 0.5) is 4.39 Å². The molecule has 0 radical (unpaired) electrons. The fraction of sp³-hybridized carbons (Fsp3) is 0.400. The first-order valence-electron chi connectivity index (χ1n) is 4.17. The Balaban J connectivity index is 3.22. The van der Waals surface area contributed by atoms with Crippen LogP contribution in [0.15, 0.2) is 18.2 Å². The number of nitrogens with two attached hydrogens (primary N) is 1. The molecule has 0 atom stereocenters. The third-order valence-corrected chi connectivity index (χ3v) is 2.23. The van der Waals surface area contributed by atoms with E-state index in [0.29, 0.717) is 12.1 Å². The van der Waals surface area contributed by atoms with Gasteiger partial charge in [-0.3, -0.25) is 0 Å². The SMILES string of the molecule is CC(C)(CN)c1cccc(F)c1O. The molecule has 0 heterocycles. The summed E-state index contributed by atoms with van der Waals surface area (Å²) in [4.78, 5) is 0. The highest BCUT2D eigenvalue weighted by Crippen LogP contribution is 2.31. The van der Waals surface area contributed by atoms with Crippen molar-refractivity contribution in [3.8, 4) is 5.75 Å². The van der Waals surface area contributed by atoms with Gasteiger partial charge in [0, 0.05) is 17.5 Å². The van der Waals surface area contributed by atoms with Crippen LogP contribution in [0.3, 0.4) is 0 Å². The van der Waals surface area contributed by atoms with E-state index in [9.17, 15) is 9.50 Å². The number of benzene rings is 1. The van der Waals surface area contributed by atoms with Gasteiger partial charge in [0.1, 0.15) is 0 Å². The van der Waals surface area contributed by atoms with Gasteiger partial charge in [0.05, 0.1) is 0 Å². The minimum atomic E-state index is -0.598. The number of phenols is 1. The molecular weight excluding hydrogens is 169 g/mol. The molecule has 0 bridgehead atoms. The van der Waals surface area contributed by atoms with Gasteiger partial charge in [0.2, 0.25) is 0 Å². The summed E-state index contributed by atoms with van der Waals surface area (Å²) < 4.78 is 13.0. The Kier molecular flexibility index (Phi) is 2.57. The molecule has 2 nitrogen and oxygen atoms in total. The van der Waals surface area contributed by atoms with Crippen LogP contribution in [-0.2, 0) is 5.41 Å². The van der Waals surface area contributed by atoms with Crippen LogP contribution in [0.5, 0.6) is 5.75 Å². The maximum Gasteiger partial charge on any atom is 0.165 e. The predicted molar refractivity (Wildman–Crippen MR) is 50.1 cm³/mol. The molecule has 1 aromatic rings. The molecular formula is C10H14FNO. The molecule has 72 valence electrons. The molecule has 0 aliphatic heterocycles. The number of phenolic OH excluding ortho intramolecular Hbond substituents is 1. The van der Waals surface area contributed by atoms with E-state index in [4.69, 9.17) is 5.73 Å². The number of hydrogen-bond acceptors (Lipinski definition) is 2. The van der Waals surface area contributed by atoms with Crippen LogP contribution >= 0.6 is 0 Å². The van der Waals surface area contributed by atoms with Gasteiger partial charge in [-0.15, -0.1) is 0 Å². The molecule has 0 saturated carbocycles. The fourth-order valence-electron chi connectivity index (χ4n) is 1.17. The lowest BCUT2D eigenvalue weighted by Gasteiger charge is -2.23. The molecule has 1 rings (SSSR count). The zero-order valence-electron chi connectivity index (χ0n) is 7.84. The Bertz CT molecular complexity index is 310. The minimum Gasteiger partial charge on any atom is -0.505 e. The van der Waals surface area contributed by atoms with E-state index in [0.717, 1.165) is 0 Å². The third kappa shape index (κ3) is 1.80. The quantitative estimate of drug-likeness (QED) is 0.734. The summed E-state index contributed by atoms with van der Waals surface area (Å²) in [6.07, 6.45) is 0. The van der Waals surface area contributed by atoms with Crippen molar-refractivity contribution in [2.24, 2.45) is 5.73 Å². The van der Waals surface area contributed by atoms with Gasteiger partial charge in [-0.05, 0) is 6.07 Å². The standard InChI is InChI=1S/C10H14FNO/c1-10(2,6-12)7-4-3-5-8(11)9(7)13/h3-5,13H,6,12H2,1-2H3. The van der Waals surface area contributed by atoms with Crippen LogP contribution < -0.4 is 5.73 Å². The van der Waals surface area contributed by atoms with Crippen molar-refractivity contribution in [1.82, 2.24) is 0 Å². The van der Waals surface area contributed by atoms with Gasteiger partial charge in [-0.1, -0.05) is 26.0 Å². The van der Waals surface area contributed by atoms with Crippen molar-refractivity contribution < 1.29 is 9.50 Å². The lowest BCUT2D eigenvalue weighted by molar-refractivity contribution is 0.404. The Morgan fingerprint density at radius 1 is 1.46 bits per heavy atom. The lowest BCUT2D eigenvalue weighted by atomic mass is 9.84. The van der Waals surface area contributed by atoms with Gasteiger partial charge in [-0.2, -0.15) is 0 Å². The average Bonchev–Trinajstić information content (AvgIpc) is 2.09. The Morgan fingerprint density at radius 3 is 2.62 bits per heavy atom. The Morgan fingerprint density at radius 2 is 2.08 bits per heavy atom. The summed E-state index contributed by atoms with van der Waals surface area (Å²) in [6.45, 7) is 4.09. The van der Waals surface area contributed by atoms with Gasteiger partial charge in [-0.25, -0.2) is 4.39 Å². The van der Waals surface area contributed by atoms with E-state index in [1.807, 2.05) is 13.8 Å². The highest BCUT2D eigenvalue weighted by Gasteiger charge is 2.23. The summed E-state index contributed by atoms with van der Waals surface area (Å²) in [6, 6.07) is 4.48. The normalized spacial score (nSPS) is 11.7. The molecule has 0 fully saturated rings. The molecule has 1 aromatic carbocycles. The van der Waals surface area contributed by atoms with Gasteiger partial charge in [0.15, 0.2) is 11.6 Å². The average molecular weight is 183 g/mol. The second-order valence-electron chi connectivity index (χ2n) is 3.72. The third-order valence-electron chi connectivity index (χ3n) is 2.23. The summed E-state index contributed by atoms with van der Waals surface area (Å²) in [7, 11) is 0. The molecule has 0 amide bonds. The molecule has 3 heteroatoms. The van der Waals surface area contributed by atoms with Crippen molar-refractivity contribution >= 4 is 0 Å². The highest BCUT2D eigenvalue weighted by molar-refractivity contribution is 5.39. The zero-order valence-corrected chi connectivity index (χ0v) is 7.84. The van der Waals surface area contributed by atoms with E-state index in [2.05, 4.69) is 0 Å². The number of hydrogen-bond donors (Lipinski definition) is 2. The van der Waals surface area contributed by atoms with Gasteiger partial charge >= 0.3 is 0 Å². The Labute approximate surface area is 77.2 Å². The molecule has 13 heavy (non-hydrogen) atoms. The first kappa shape index (κ1) is 9.99. The topological polar surface area (TPSA) is 46.2 Å². The lowest BCUT2D eigenvalue weighted by Crippen LogP contribution is -2.28. The molecule has 0 aliphatic carbocycles. The molecule has 0 aliphatic rings. The first-order valence-corrected chi connectivity index (χ1v) is 4.17. The van der Waals surface area contributed by atoms with Crippen molar-refractivity contribution in [2.75, 3.05) is 6.54 Å². The summed E-state index contributed by atoms with van der Waals surface area (Å²) >= 11 is 0. The van der Waals surface area contributed by atoms with Crippen LogP contribution in [-0.4, -0.2) is 11.7 Å². The summed E-state index contributed by atoms with van der Waals surface area (Å²) in [5, 5.41) is 9.43. The predicted octanol–water partition coefficient (Wildman–Crippen LogP) is 1.77. The van der Waals surface area contributed by atoms with E-state index in [-0.39, 0.29) is 5.75 Å². The molecule has 0 aromatic heterocycles. The molecule has 0 saturated heterocycles. The molecule has 0 spiro atoms. The van der Waals surface area contributed by atoms with E-state index in [1.165, 1.54) is 6.07 Å². The maximum absolute atomic E-state index is 13.0. The van der Waals surface area contributed by atoms with Crippen LogP contribution in [0.1, 0.15) is 19.4 Å². The second-order valence-corrected chi connectivity index (χ2v) is 3.72. The second kappa shape index (κ2) is 3.34. The number of halogens is 1. The number of rotatable bonds is 2. The van der Waals surface area contributed by atoms with Crippen molar-refractivity contribution in [3.63, 3.8) is 0 Å². The van der Waals surface area contributed by atoms with Crippen LogP contribution in [0.2, 0.25) is 0 Å². The fourth-order valence-corrected chi connectivity index (χ4v) is 1.17. The molecule has 3 N–H and O–H groups in total. The molecule has 0 unspecified atom stereocenters. The largest absolute Gasteiger partial charge is 0.505 e. The minimum absolute atomic E-state index is 0.294. The summed E-state index contributed by atoms with van der Waals surface area (Å²) in [5.41, 5.74) is 5.68. The van der Waals surface area contributed by atoms with E-state index in [1.54, 1.807) is 12.1 Å². The zero-order chi connectivity index (χ0) is 10.1. The van der Waals surface area contributed by atoms with E-state index >= 15 is 0 Å². The van der Waals surface area contributed by atoms with Crippen LogP contribution in [0.25, 0.3) is 0 Å². The highest BCUT2D eigenvalue weighted by atomic mass is 19.1. The monoisotopic (exact) mass is 183 g/mol. The summed E-state index contributed by atoms with van der Waals surface area (Å²) in [5.74, 6) is -0.892.